The molecule has 1 saturated heterocycles. The van der Waals surface area contributed by atoms with Crippen molar-refractivity contribution in [1.29, 1.82) is 0 Å². The van der Waals surface area contributed by atoms with Crippen LogP contribution >= 0.6 is 0 Å². The molecule has 2 heterocycles. The first-order chi connectivity index (χ1) is 13.4. The number of para-hydroxylation sites is 1. The molecule has 146 valence electrons. The van der Waals surface area contributed by atoms with Crippen molar-refractivity contribution in [2.45, 2.75) is 44.8 Å². The van der Waals surface area contributed by atoms with Crippen LogP contribution in [-0.4, -0.2) is 40.8 Å². The molecule has 1 amide bonds. The molecule has 0 radical (unpaired) electrons. The van der Waals surface area contributed by atoms with E-state index >= 15 is 0 Å². The van der Waals surface area contributed by atoms with Crippen LogP contribution in [0.25, 0.3) is 0 Å². The number of rotatable bonds is 1. The van der Waals surface area contributed by atoms with E-state index in [0.717, 1.165) is 30.1 Å². The van der Waals surface area contributed by atoms with E-state index in [1.165, 1.54) is 5.56 Å². The summed E-state index contributed by atoms with van der Waals surface area (Å²) < 4.78 is 0. The van der Waals surface area contributed by atoms with Crippen molar-refractivity contribution in [1.82, 2.24) is 10.2 Å². The highest BCUT2D eigenvalue weighted by molar-refractivity contribution is 6.05. The van der Waals surface area contributed by atoms with Gasteiger partial charge in [-0.1, -0.05) is 36.4 Å². The summed E-state index contributed by atoms with van der Waals surface area (Å²) in [4.78, 5) is 20.0. The number of hydrogen-bond acceptors (Lipinski definition) is 3. The van der Waals surface area contributed by atoms with E-state index in [2.05, 4.69) is 49.6 Å². The molecule has 0 saturated carbocycles. The highest BCUT2D eigenvalue weighted by atomic mass is 16.2. The number of benzene rings is 2. The van der Waals surface area contributed by atoms with Crippen LogP contribution < -0.4 is 10.6 Å². The van der Waals surface area contributed by atoms with Crippen molar-refractivity contribution < 1.29 is 4.79 Å². The van der Waals surface area contributed by atoms with Crippen LogP contribution in [0.15, 0.2) is 59.6 Å². The number of amidine groups is 1. The van der Waals surface area contributed by atoms with Gasteiger partial charge in [0.25, 0.3) is 5.91 Å². The molecule has 4 rings (SSSR count). The molecule has 0 aliphatic carbocycles. The molecule has 2 N–H and O–H groups in total. The molecule has 5 heteroatoms. The molecule has 1 spiro atoms. The lowest BCUT2D eigenvalue weighted by atomic mass is 9.95. The van der Waals surface area contributed by atoms with Crippen LogP contribution in [0.2, 0.25) is 0 Å². The molecule has 2 aliphatic heterocycles. The van der Waals surface area contributed by atoms with Gasteiger partial charge in [-0.05, 0) is 51.0 Å². The molecule has 2 aliphatic rings. The number of carbonyl (C=O) groups is 1. The third kappa shape index (κ3) is 3.67. The van der Waals surface area contributed by atoms with Crippen molar-refractivity contribution >= 4 is 17.4 Å². The van der Waals surface area contributed by atoms with E-state index in [9.17, 15) is 4.79 Å². The fraction of sp³-hybridized carbons (Fsp3) is 0.391. The van der Waals surface area contributed by atoms with Gasteiger partial charge >= 0.3 is 0 Å². The SMILES string of the molecule is CC(C)(C)N=C1Nc2ccccc2CNC12CCN(C(=O)c1ccccc1)C2. The largest absolute Gasteiger partial charge is 0.342 e. The quantitative estimate of drug-likeness (QED) is 0.798. The Hall–Kier alpha value is -2.66. The first kappa shape index (κ1) is 18.7. The monoisotopic (exact) mass is 376 g/mol. The number of aliphatic imine (C=N–C) groups is 1. The zero-order valence-electron chi connectivity index (χ0n) is 16.8. The van der Waals surface area contributed by atoms with E-state index in [0.29, 0.717) is 13.1 Å². The lowest BCUT2D eigenvalue weighted by Crippen LogP contribution is -2.56. The van der Waals surface area contributed by atoms with Gasteiger partial charge in [0.15, 0.2) is 0 Å². The van der Waals surface area contributed by atoms with Crippen LogP contribution in [0.1, 0.15) is 43.1 Å². The summed E-state index contributed by atoms with van der Waals surface area (Å²) in [6.07, 6.45) is 0.835. The van der Waals surface area contributed by atoms with Crippen LogP contribution in [0.3, 0.4) is 0 Å². The first-order valence-electron chi connectivity index (χ1n) is 9.91. The Balaban J connectivity index is 1.67. The zero-order valence-corrected chi connectivity index (χ0v) is 16.8. The average Bonchev–Trinajstić information content (AvgIpc) is 3.05. The maximum atomic E-state index is 13.0. The minimum atomic E-state index is -0.364. The smallest absolute Gasteiger partial charge is 0.253 e. The van der Waals surface area contributed by atoms with Crippen molar-refractivity contribution in [2.24, 2.45) is 4.99 Å². The van der Waals surface area contributed by atoms with Gasteiger partial charge in [-0.25, -0.2) is 0 Å². The predicted molar refractivity (Wildman–Crippen MR) is 114 cm³/mol. The third-order valence-electron chi connectivity index (χ3n) is 5.37. The van der Waals surface area contributed by atoms with E-state index in [4.69, 9.17) is 4.99 Å². The normalized spacial score (nSPS) is 23.4. The molecule has 2 aromatic rings. The van der Waals surface area contributed by atoms with Gasteiger partial charge in [-0.2, -0.15) is 0 Å². The van der Waals surface area contributed by atoms with Crippen molar-refractivity contribution in [2.75, 3.05) is 18.4 Å². The fourth-order valence-corrected chi connectivity index (χ4v) is 3.95. The summed E-state index contributed by atoms with van der Waals surface area (Å²) in [6, 6.07) is 17.8. The van der Waals surface area contributed by atoms with E-state index < -0.39 is 0 Å². The second-order valence-corrected chi connectivity index (χ2v) is 8.69. The summed E-state index contributed by atoms with van der Waals surface area (Å²) in [5, 5.41) is 7.33. The summed E-state index contributed by atoms with van der Waals surface area (Å²) in [7, 11) is 0. The Morgan fingerprint density at radius 1 is 1.07 bits per heavy atom. The minimum absolute atomic E-state index is 0.0798. The maximum absolute atomic E-state index is 13.0. The number of nitrogens with one attached hydrogen (secondary N) is 2. The predicted octanol–water partition coefficient (Wildman–Crippen LogP) is 3.68. The highest BCUT2D eigenvalue weighted by Gasteiger charge is 2.46. The molecular weight excluding hydrogens is 348 g/mol. The fourth-order valence-electron chi connectivity index (χ4n) is 3.95. The number of carbonyl (C=O) groups excluding carboxylic acids is 1. The number of nitrogens with zero attached hydrogens (tertiary/aromatic N) is 2. The molecule has 1 unspecified atom stereocenters. The topological polar surface area (TPSA) is 56.7 Å². The highest BCUT2D eigenvalue weighted by Crippen LogP contribution is 2.31. The van der Waals surface area contributed by atoms with Crippen molar-refractivity contribution in [3.63, 3.8) is 0 Å². The van der Waals surface area contributed by atoms with Gasteiger partial charge in [0.05, 0.1) is 11.1 Å². The maximum Gasteiger partial charge on any atom is 0.253 e. The molecule has 2 aromatic carbocycles. The molecule has 1 atom stereocenters. The Morgan fingerprint density at radius 3 is 2.54 bits per heavy atom. The van der Waals surface area contributed by atoms with Crippen molar-refractivity contribution in [3.05, 3.63) is 65.7 Å². The van der Waals surface area contributed by atoms with Crippen LogP contribution in [-0.2, 0) is 6.54 Å². The Labute approximate surface area is 166 Å². The molecular formula is C23H28N4O. The zero-order chi connectivity index (χ0) is 19.8. The van der Waals surface area contributed by atoms with Crippen LogP contribution in [0, 0.1) is 0 Å². The number of amides is 1. The Bertz CT molecular complexity index is 900. The summed E-state index contributed by atoms with van der Waals surface area (Å²) >= 11 is 0. The summed E-state index contributed by atoms with van der Waals surface area (Å²) in [6.45, 7) is 8.38. The second kappa shape index (κ2) is 7.06. The van der Waals surface area contributed by atoms with Gasteiger partial charge < -0.3 is 10.2 Å². The third-order valence-corrected chi connectivity index (χ3v) is 5.37. The van der Waals surface area contributed by atoms with E-state index in [1.807, 2.05) is 41.3 Å². The lowest BCUT2D eigenvalue weighted by molar-refractivity contribution is 0.0786. The number of likely N-dealkylation sites (tertiary alicyclic amines) is 1. The van der Waals surface area contributed by atoms with Gasteiger partial charge in [-0.3, -0.25) is 15.1 Å². The molecule has 28 heavy (non-hydrogen) atoms. The van der Waals surface area contributed by atoms with Gasteiger partial charge in [0, 0.05) is 30.9 Å². The summed E-state index contributed by atoms with van der Waals surface area (Å²) in [5.74, 6) is 1.00. The van der Waals surface area contributed by atoms with Gasteiger partial charge in [-0.15, -0.1) is 0 Å². The molecule has 1 fully saturated rings. The Morgan fingerprint density at radius 2 is 1.79 bits per heavy atom. The summed E-state index contributed by atoms with van der Waals surface area (Å²) in [5.41, 5.74) is 2.46. The molecule has 0 bridgehead atoms. The number of hydrogen-bond donors (Lipinski definition) is 2. The van der Waals surface area contributed by atoms with Crippen LogP contribution in [0.4, 0.5) is 5.69 Å². The number of fused-ring (bicyclic) bond motifs is 1. The second-order valence-electron chi connectivity index (χ2n) is 8.69. The molecule has 5 nitrogen and oxygen atoms in total. The van der Waals surface area contributed by atoms with E-state index in [1.54, 1.807) is 0 Å². The minimum Gasteiger partial charge on any atom is -0.342 e. The Kier molecular flexibility index (Phi) is 4.71. The lowest BCUT2D eigenvalue weighted by Gasteiger charge is -2.32. The first-order valence-corrected chi connectivity index (χ1v) is 9.91. The standard InChI is InChI=1S/C23H28N4O/c1-22(2,3)26-21-23(24-15-18-11-7-8-12-19(18)25-21)13-14-27(16-23)20(28)17-9-5-4-6-10-17/h4-12,24H,13-16H2,1-3H3,(H,25,26). The van der Waals surface area contributed by atoms with E-state index in [-0.39, 0.29) is 17.0 Å². The van der Waals surface area contributed by atoms with Gasteiger partial charge in [0.2, 0.25) is 0 Å². The van der Waals surface area contributed by atoms with Gasteiger partial charge in [0.1, 0.15) is 5.84 Å². The van der Waals surface area contributed by atoms with Crippen molar-refractivity contribution in [3.8, 4) is 0 Å². The molecule has 0 aromatic heterocycles. The van der Waals surface area contributed by atoms with Crippen LogP contribution in [0.5, 0.6) is 0 Å². The average molecular weight is 377 g/mol. The number of anilines is 1.